The van der Waals surface area contributed by atoms with Crippen LogP contribution in [0, 0.1) is 0 Å². The minimum Gasteiger partial charge on any atom is -0.494 e. The molecule has 0 amide bonds. The Morgan fingerprint density at radius 1 is 1.12 bits per heavy atom. The topological polar surface area (TPSA) is 64.3 Å². The molecule has 0 atom stereocenters. The van der Waals surface area contributed by atoms with Crippen LogP contribution in [0.2, 0.25) is 10.0 Å². The molecule has 0 unspecified atom stereocenters. The molecule has 2 N–H and O–H groups in total. The molecule has 3 rings (SSSR count). The van der Waals surface area contributed by atoms with E-state index < -0.39 is 0 Å². The van der Waals surface area contributed by atoms with Gasteiger partial charge in [0.1, 0.15) is 11.6 Å². The van der Waals surface area contributed by atoms with Crippen LogP contribution >= 0.6 is 23.2 Å². The molecule has 0 aliphatic heterocycles. The number of fused-ring (bicyclic) bond motifs is 1. The van der Waals surface area contributed by atoms with E-state index in [1.54, 1.807) is 12.1 Å². The van der Waals surface area contributed by atoms with Gasteiger partial charge in [-0.2, -0.15) is 0 Å². The van der Waals surface area contributed by atoms with Crippen LogP contribution in [0.4, 0.5) is 11.5 Å². The van der Waals surface area contributed by atoms with Crippen LogP contribution in [0.3, 0.4) is 0 Å². The summed E-state index contributed by atoms with van der Waals surface area (Å²) in [5.41, 5.74) is 7.36. The van der Waals surface area contributed by atoms with Gasteiger partial charge in [0.15, 0.2) is 5.75 Å². The van der Waals surface area contributed by atoms with E-state index in [0.29, 0.717) is 21.6 Å². The zero-order chi connectivity index (χ0) is 17.3. The summed E-state index contributed by atoms with van der Waals surface area (Å²) in [6.07, 6.45) is 0. The van der Waals surface area contributed by atoms with Crippen LogP contribution in [0.1, 0.15) is 5.82 Å². The number of hydrogen-bond donors (Lipinski definition) is 1. The predicted octanol–water partition coefficient (Wildman–Crippen LogP) is 4.17. The van der Waals surface area contributed by atoms with E-state index in [1.165, 1.54) is 7.11 Å². The summed E-state index contributed by atoms with van der Waals surface area (Å²) in [6, 6.07) is 11.3. The van der Waals surface area contributed by atoms with Crippen LogP contribution in [0.25, 0.3) is 10.9 Å². The molecule has 3 aromatic rings. The Kier molecular flexibility index (Phi) is 4.76. The highest BCUT2D eigenvalue weighted by atomic mass is 35.5. The molecule has 0 fully saturated rings. The van der Waals surface area contributed by atoms with Gasteiger partial charge in [-0.15, -0.1) is 0 Å². The number of ether oxygens (including phenoxy) is 1. The molecule has 0 aliphatic carbocycles. The first-order chi connectivity index (χ1) is 11.5. The van der Waals surface area contributed by atoms with Crippen molar-refractivity contribution in [3.63, 3.8) is 0 Å². The molecule has 2 aromatic carbocycles. The Balaban J connectivity index is 2.17. The predicted molar refractivity (Wildman–Crippen MR) is 98.5 cm³/mol. The third-order valence-electron chi connectivity index (χ3n) is 3.70. The van der Waals surface area contributed by atoms with E-state index in [4.69, 9.17) is 33.7 Å². The van der Waals surface area contributed by atoms with Crippen LogP contribution in [-0.4, -0.2) is 24.1 Å². The van der Waals surface area contributed by atoms with E-state index in [2.05, 4.69) is 9.97 Å². The molecule has 24 heavy (non-hydrogen) atoms. The zero-order valence-corrected chi connectivity index (χ0v) is 14.8. The third kappa shape index (κ3) is 2.98. The van der Waals surface area contributed by atoms with Crippen molar-refractivity contribution in [3.05, 3.63) is 52.3 Å². The number of nitrogens with zero attached hydrogens (tertiary/aromatic N) is 3. The molecule has 1 aromatic heterocycles. The van der Waals surface area contributed by atoms with Gasteiger partial charge < -0.3 is 15.4 Å². The Morgan fingerprint density at radius 3 is 2.42 bits per heavy atom. The highest BCUT2D eigenvalue weighted by Gasteiger charge is 2.16. The van der Waals surface area contributed by atoms with E-state index in [-0.39, 0.29) is 6.54 Å². The smallest absolute Gasteiger partial charge is 0.156 e. The van der Waals surface area contributed by atoms with Crippen LogP contribution in [0.5, 0.6) is 5.75 Å². The summed E-state index contributed by atoms with van der Waals surface area (Å²) in [5, 5.41) is 1.79. The first kappa shape index (κ1) is 16.8. The summed E-state index contributed by atoms with van der Waals surface area (Å²) in [6.45, 7) is 0.260. The number of rotatable bonds is 4. The van der Waals surface area contributed by atoms with Crippen LogP contribution in [0.15, 0.2) is 36.4 Å². The van der Waals surface area contributed by atoms with Gasteiger partial charge in [0, 0.05) is 18.1 Å². The maximum absolute atomic E-state index is 6.25. The summed E-state index contributed by atoms with van der Waals surface area (Å²) >= 11 is 12.5. The normalized spacial score (nSPS) is 10.9. The molecule has 7 heteroatoms. The van der Waals surface area contributed by atoms with Gasteiger partial charge in [-0.1, -0.05) is 35.3 Å². The lowest BCUT2D eigenvalue weighted by atomic mass is 10.2. The SMILES string of the molecule is COc1c(Cl)cc(N(C)c2nc(CN)nc3ccccc23)cc1Cl. The molecule has 0 radical (unpaired) electrons. The number of benzene rings is 2. The number of halogens is 2. The van der Waals surface area contributed by atoms with E-state index in [0.717, 1.165) is 22.4 Å². The van der Waals surface area contributed by atoms with Crippen LogP contribution in [-0.2, 0) is 6.54 Å². The Hall–Kier alpha value is -2.08. The highest BCUT2D eigenvalue weighted by Crippen LogP contribution is 2.39. The number of methoxy groups -OCH3 is 1. The van der Waals surface area contributed by atoms with Crippen molar-refractivity contribution in [1.82, 2.24) is 9.97 Å². The highest BCUT2D eigenvalue weighted by molar-refractivity contribution is 6.37. The summed E-state index contributed by atoms with van der Waals surface area (Å²) in [4.78, 5) is 10.9. The second kappa shape index (κ2) is 6.81. The molecule has 0 spiro atoms. The van der Waals surface area contributed by atoms with Crippen molar-refractivity contribution in [3.8, 4) is 5.75 Å². The van der Waals surface area contributed by atoms with E-state index >= 15 is 0 Å². The first-order valence-electron chi connectivity index (χ1n) is 7.27. The second-order valence-corrected chi connectivity index (χ2v) is 6.00. The standard InChI is InChI=1S/C17H16Cl2N4O/c1-23(10-7-12(18)16(24-2)13(19)8-10)17-11-5-3-4-6-14(11)21-15(9-20)22-17/h3-8H,9,20H2,1-2H3. The fourth-order valence-electron chi connectivity index (χ4n) is 2.51. The summed E-state index contributed by atoms with van der Waals surface area (Å²) in [7, 11) is 3.42. The maximum atomic E-state index is 6.25. The molecule has 0 saturated carbocycles. The van der Waals surface area contributed by atoms with Gasteiger partial charge in [0.05, 0.1) is 29.2 Å². The zero-order valence-electron chi connectivity index (χ0n) is 13.3. The number of anilines is 2. The number of para-hydroxylation sites is 1. The molecular weight excluding hydrogens is 347 g/mol. The van der Waals surface area contributed by atoms with E-state index in [9.17, 15) is 0 Å². The van der Waals surface area contributed by atoms with Crippen molar-refractivity contribution in [2.24, 2.45) is 5.73 Å². The van der Waals surface area contributed by atoms with Crippen molar-refractivity contribution in [1.29, 1.82) is 0 Å². The van der Waals surface area contributed by atoms with Gasteiger partial charge in [0.2, 0.25) is 0 Å². The fraction of sp³-hybridized carbons (Fsp3) is 0.176. The van der Waals surface area contributed by atoms with Crippen molar-refractivity contribution < 1.29 is 4.74 Å². The average molecular weight is 363 g/mol. The molecular formula is C17H16Cl2N4O. The molecule has 0 aliphatic rings. The Labute approximate surface area is 150 Å². The number of nitrogens with two attached hydrogens (primary N) is 1. The fourth-order valence-corrected chi connectivity index (χ4v) is 3.14. The lowest BCUT2D eigenvalue weighted by Gasteiger charge is -2.22. The van der Waals surface area contributed by atoms with Gasteiger partial charge in [-0.3, -0.25) is 0 Å². The van der Waals surface area contributed by atoms with Gasteiger partial charge in [-0.05, 0) is 24.3 Å². The maximum Gasteiger partial charge on any atom is 0.156 e. The largest absolute Gasteiger partial charge is 0.494 e. The monoisotopic (exact) mass is 362 g/mol. The minimum atomic E-state index is 0.260. The number of hydrogen-bond acceptors (Lipinski definition) is 5. The lowest BCUT2D eigenvalue weighted by molar-refractivity contribution is 0.415. The minimum absolute atomic E-state index is 0.260. The lowest BCUT2D eigenvalue weighted by Crippen LogP contribution is -2.15. The Bertz CT molecular complexity index is 878. The first-order valence-corrected chi connectivity index (χ1v) is 8.03. The van der Waals surface area contributed by atoms with Gasteiger partial charge in [0.25, 0.3) is 0 Å². The third-order valence-corrected chi connectivity index (χ3v) is 4.27. The Morgan fingerprint density at radius 2 is 1.79 bits per heavy atom. The summed E-state index contributed by atoms with van der Waals surface area (Å²) in [5.74, 6) is 1.75. The van der Waals surface area contributed by atoms with Gasteiger partial charge >= 0.3 is 0 Å². The van der Waals surface area contributed by atoms with Crippen molar-refractivity contribution >= 4 is 45.6 Å². The molecule has 1 heterocycles. The molecule has 124 valence electrons. The number of aromatic nitrogens is 2. The molecule has 0 bridgehead atoms. The van der Waals surface area contributed by atoms with Gasteiger partial charge in [-0.25, -0.2) is 9.97 Å². The second-order valence-electron chi connectivity index (χ2n) is 5.19. The van der Waals surface area contributed by atoms with Crippen molar-refractivity contribution in [2.45, 2.75) is 6.54 Å². The van der Waals surface area contributed by atoms with E-state index in [1.807, 2.05) is 36.2 Å². The molecule has 5 nitrogen and oxygen atoms in total. The molecule has 0 saturated heterocycles. The quantitative estimate of drug-likeness (QED) is 0.754. The van der Waals surface area contributed by atoms with Crippen molar-refractivity contribution in [2.75, 3.05) is 19.1 Å². The average Bonchev–Trinajstić information content (AvgIpc) is 2.59. The van der Waals surface area contributed by atoms with Crippen LogP contribution < -0.4 is 15.4 Å². The summed E-state index contributed by atoms with van der Waals surface area (Å²) < 4.78 is 5.20.